The Balaban J connectivity index is 1.91. The Hall–Kier alpha value is -4.32. The number of Topliss-reactive ketones (excluding diaryl/α,β-unsaturated/α-hetero) is 2. The Kier molecular flexibility index (Phi) is 8.50. The summed E-state index contributed by atoms with van der Waals surface area (Å²) in [5.41, 5.74) is 13.4. The second-order valence-corrected chi connectivity index (χ2v) is 12.1. The van der Waals surface area contributed by atoms with Gasteiger partial charge in [0.05, 0.1) is 0 Å². The van der Waals surface area contributed by atoms with Gasteiger partial charge in [0.1, 0.15) is 11.6 Å². The zero-order chi connectivity index (χ0) is 31.0. The van der Waals surface area contributed by atoms with Crippen LogP contribution in [0.25, 0.3) is 30.4 Å². The van der Waals surface area contributed by atoms with E-state index >= 15 is 0 Å². The maximum atomic E-state index is 12.0. The van der Waals surface area contributed by atoms with Gasteiger partial charge in [0.2, 0.25) is 0 Å². The second-order valence-electron chi connectivity index (χ2n) is 12.1. The number of ketones is 2. The fourth-order valence-corrected chi connectivity index (χ4v) is 6.41. The molecule has 1 aliphatic heterocycles. The second kappa shape index (κ2) is 12.1. The van der Waals surface area contributed by atoms with Crippen molar-refractivity contribution >= 4 is 41.9 Å². The minimum Gasteiger partial charge on any atom is -0.355 e. The van der Waals surface area contributed by atoms with Crippen LogP contribution in [0.15, 0.2) is 6.58 Å². The molecule has 43 heavy (non-hydrogen) atoms. The Labute approximate surface area is 253 Å². The van der Waals surface area contributed by atoms with E-state index in [1.54, 1.807) is 13.8 Å². The van der Waals surface area contributed by atoms with E-state index in [-0.39, 0.29) is 11.6 Å². The lowest BCUT2D eigenvalue weighted by Gasteiger charge is -2.02. The number of aromatic amines is 4. The molecule has 0 atom stereocenters. The molecule has 0 spiro atoms. The Morgan fingerprint density at radius 2 is 1.07 bits per heavy atom. The highest BCUT2D eigenvalue weighted by Gasteiger charge is 2.17. The van der Waals surface area contributed by atoms with Gasteiger partial charge >= 0.3 is 0 Å². The molecule has 0 aromatic carbocycles. The minimum atomic E-state index is 0.169. The number of aromatic nitrogens is 4. The molecule has 0 radical (unpaired) electrons. The fourth-order valence-electron chi connectivity index (χ4n) is 6.41. The first-order chi connectivity index (χ1) is 20.5. The van der Waals surface area contributed by atoms with Crippen molar-refractivity contribution in [3.63, 3.8) is 0 Å². The van der Waals surface area contributed by atoms with Crippen LogP contribution in [0.4, 0.5) is 0 Å². The molecule has 5 heterocycles. The van der Waals surface area contributed by atoms with Crippen LogP contribution in [0.5, 0.6) is 0 Å². The van der Waals surface area contributed by atoms with Crippen LogP contribution >= 0.6 is 0 Å². The summed E-state index contributed by atoms with van der Waals surface area (Å²) in [6, 6.07) is 0. The third kappa shape index (κ3) is 5.83. The lowest BCUT2D eigenvalue weighted by atomic mass is 10.0. The van der Waals surface area contributed by atoms with Gasteiger partial charge < -0.3 is 29.5 Å². The van der Waals surface area contributed by atoms with Crippen LogP contribution in [0.2, 0.25) is 0 Å². The minimum absolute atomic E-state index is 0.169. The number of fused-ring (bicyclic) bond motifs is 8. The average molecular weight is 577 g/mol. The fraction of sp³-hybridized carbons (Fsp3) is 0.351. The number of carbonyl (C=O) groups excluding carboxylic acids is 2. The summed E-state index contributed by atoms with van der Waals surface area (Å²) in [4.78, 5) is 38.9. The van der Waals surface area contributed by atoms with Gasteiger partial charge in [-0.1, -0.05) is 26.0 Å². The summed E-state index contributed by atoms with van der Waals surface area (Å²) in [5, 5.41) is 4.17. The lowest BCUT2D eigenvalue weighted by Crippen LogP contribution is -2.14. The van der Waals surface area contributed by atoms with Crippen LogP contribution in [0.3, 0.4) is 0 Å². The van der Waals surface area contributed by atoms with Crippen molar-refractivity contribution in [2.24, 2.45) is 0 Å². The van der Waals surface area contributed by atoms with Crippen molar-refractivity contribution in [2.45, 2.75) is 87.0 Å². The lowest BCUT2D eigenvalue weighted by molar-refractivity contribution is -0.117. The zero-order valence-electron chi connectivity index (χ0n) is 26.7. The number of hydrogen-bond donors (Lipinski definition) is 4. The Bertz CT molecular complexity index is 2000. The molecule has 6 nitrogen and oxygen atoms in total. The Morgan fingerprint density at radius 3 is 1.63 bits per heavy atom. The van der Waals surface area contributed by atoms with Crippen molar-refractivity contribution in [2.75, 3.05) is 0 Å². The standard InChI is InChI=1S/C37H44N4O2/c1-9-11-27-23(6)30-16-31-24(7)28(14-12-20(3)42)36(40-31)19-37-29(15-13-21(4)43)25(8)33(41-37)17-34-26(10-2)22(5)32(38-34)18-35(27)39-30/h10,16-19,38-41H,2,9,11-15H2,1,3-8H3. The third-order valence-electron chi connectivity index (χ3n) is 9.03. The summed E-state index contributed by atoms with van der Waals surface area (Å²) in [5.74, 6) is 0.343. The number of hydrogen-bond acceptors (Lipinski definition) is 2. The number of nitrogens with one attached hydrogen (secondary N) is 4. The van der Waals surface area contributed by atoms with Crippen LogP contribution in [0, 0.1) is 27.7 Å². The number of H-pyrrole nitrogens is 4. The monoisotopic (exact) mass is 576 g/mol. The summed E-state index contributed by atoms with van der Waals surface area (Å²) in [6.45, 7) is 18.2. The molecule has 4 aromatic rings. The summed E-state index contributed by atoms with van der Waals surface area (Å²) in [6.07, 6.45) is 15.0. The molecule has 1 aliphatic rings. The van der Waals surface area contributed by atoms with Gasteiger partial charge in [-0.2, -0.15) is 0 Å². The van der Waals surface area contributed by atoms with E-state index in [0.717, 1.165) is 90.4 Å². The largest absolute Gasteiger partial charge is 0.355 e. The summed E-state index contributed by atoms with van der Waals surface area (Å²) < 4.78 is 0. The zero-order valence-corrected chi connectivity index (χ0v) is 26.7. The first kappa shape index (κ1) is 30.1. The van der Waals surface area contributed by atoms with E-state index in [9.17, 15) is 9.59 Å². The van der Waals surface area contributed by atoms with Crippen molar-refractivity contribution in [1.29, 1.82) is 0 Å². The predicted molar refractivity (Wildman–Crippen MR) is 177 cm³/mol. The topological polar surface area (TPSA) is 97.3 Å². The quantitative estimate of drug-likeness (QED) is 0.208. The maximum Gasteiger partial charge on any atom is 0.130 e. The molecule has 4 aromatic heterocycles. The highest BCUT2D eigenvalue weighted by atomic mass is 16.1. The first-order valence-electron chi connectivity index (χ1n) is 15.4. The molecule has 4 N–H and O–H groups in total. The molecule has 0 saturated carbocycles. The highest BCUT2D eigenvalue weighted by molar-refractivity contribution is 5.77. The molecule has 224 valence electrons. The smallest absolute Gasteiger partial charge is 0.130 e. The van der Waals surface area contributed by atoms with E-state index in [0.29, 0.717) is 25.7 Å². The molecule has 6 heteroatoms. The predicted octanol–water partition coefficient (Wildman–Crippen LogP) is 4.50. The van der Waals surface area contributed by atoms with Gasteiger partial charge in [-0.3, -0.25) is 0 Å². The van der Waals surface area contributed by atoms with Crippen molar-refractivity contribution in [3.8, 4) is 0 Å². The Morgan fingerprint density at radius 1 is 0.605 bits per heavy atom. The van der Waals surface area contributed by atoms with E-state index in [1.165, 1.54) is 11.1 Å². The van der Waals surface area contributed by atoms with Gasteiger partial charge in [-0.25, -0.2) is 0 Å². The van der Waals surface area contributed by atoms with Gasteiger partial charge in [0.15, 0.2) is 0 Å². The van der Waals surface area contributed by atoms with Gasteiger partial charge in [-0.15, -0.1) is 0 Å². The van der Waals surface area contributed by atoms with E-state index in [1.807, 2.05) is 6.08 Å². The normalized spacial score (nSPS) is 12.3. The first-order valence-corrected chi connectivity index (χ1v) is 15.4. The van der Waals surface area contributed by atoms with Gasteiger partial charge in [0.25, 0.3) is 0 Å². The molecular formula is C37H44N4O2. The molecule has 5 rings (SSSR count). The molecule has 8 bridgehead atoms. The van der Waals surface area contributed by atoms with E-state index in [4.69, 9.17) is 0 Å². The highest BCUT2D eigenvalue weighted by Crippen LogP contribution is 2.23. The average Bonchev–Trinajstić information content (AvgIpc) is 3.61. The van der Waals surface area contributed by atoms with Crippen LogP contribution < -0.4 is 21.4 Å². The number of carbonyl (C=O) groups is 2. The molecule has 0 unspecified atom stereocenters. The maximum absolute atomic E-state index is 12.0. The molecule has 0 aliphatic carbocycles. The van der Waals surface area contributed by atoms with Crippen molar-refractivity contribution in [3.05, 3.63) is 95.3 Å². The molecular weight excluding hydrogens is 532 g/mol. The van der Waals surface area contributed by atoms with Crippen LogP contribution in [0.1, 0.15) is 107 Å². The molecule has 0 saturated heterocycles. The van der Waals surface area contributed by atoms with Gasteiger partial charge in [-0.05, 0) is 124 Å². The van der Waals surface area contributed by atoms with Crippen molar-refractivity contribution < 1.29 is 9.59 Å². The van der Waals surface area contributed by atoms with Crippen LogP contribution in [-0.2, 0) is 28.9 Å². The van der Waals surface area contributed by atoms with Gasteiger partial charge in [0, 0.05) is 62.6 Å². The van der Waals surface area contributed by atoms with E-state index < -0.39 is 0 Å². The number of rotatable bonds is 9. The van der Waals surface area contributed by atoms with Crippen molar-refractivity contribution in [1.82, 2.24) is 19.9 Å². The third-order valence-corrected chi connectivity index (χ3v) is 9.03. The van der Waals surface area contributed by atoms with Crippen LogP contribution in [-0.4, -0.2) is 31.5 Å². The molecule has 0 amide bonds. The van der Waals surface area contributed by atoms with E-state index in [2.05, 4.69) is 85.4 Å². The summed E-state index contributed by atoms with van der Waals surface area (Å²) in [7, 11) is 0. The molecule has 0 fully saturated rings. The summed E-state index contributed by atoms with van der Waals surface area (Å²) >= 11 is 0. The SMILES string of the molecule is C=Cc1c2[nH]c(c1C)C=c1[nH]c(c(C)c1CCC)=Cc1[nH]c(c(CCC(C)=O)c1C)C=c1[nH]c(c(C)c1CCC(C)=O)=C2.